The second kappa shape index (κ2) is 7.33. The number of aryl methyl sites for hydroxylation is 1. The summed E-state index contributed by atoms with van der Waals surface area (Å²) >= 11 is 0. The summed E-state index contributed by atoms with van der Waals surface area (Å²) in [6.07, 6.45) is 7.90. The van der Waals surface area contributed by atoms with Gasteiger partial charge in [-0.25, -0.2) is 9.97 Å². The molecule has 2 rings (SSSR count). The molecule has 20 heavy (non-hydrogen) atoms. The molecule has 0 unspecified atom stereocenters. The standard InChI is InChI=1S/C15H23N3O2/c1-3-13(20-12-7-5-4-6-8-12)14(19)18-15-16-10-9-11(2)17-15/h9-10,12-13H,3-8H2,1-2H3,(H,16,17,18,19)/t13-/m1/s1. The minimum absolute atomic E-state index is 0.149. The molecule has 1 aliphatic rings. The lowest BCUT2D eigenvalue weighted by Crippen LogP contribution is -2.34. The molecule has 1 amide bonds. The predicted octanol–water partition coefficient (Wildman–Crippen LogP) is 2.85. The predicted molar refractivity (Wildman–Crippen MR) is 77.4 cm³/mol. The van der Waals surface area contributed by atoms with Crippen molar-refractivity contribution in [3.05, 3.63) is 18.0 Å². The van der Waals surface area contributed by atoms with Crippen LogP contribution in [-0.4, -0.2) is 28.1 Å². The van der Waals surface area contributed by atoms with Gasteiger partial charge in [0.2, 0.25) is 5.95 Å². The van der Waals surface area contributed by atoms with Crippen LogP contribution >= 0.6 is 0 Å². The third kappa shape index (κ3) is 4.27. The zero-order chi connectivity index (χ0) is 14.4. The van der Waals surface area contributed by atoms with Crippen molar-refractivity contribution >= 4 is 11.9 Å². The average molecular weight is 277 g/mol. The van der Waals surface area contributed by atoms with Crippen molar-refractivity contribution in [3.8, 4) is 0 Å². The fourth-order valence-corrected chi connectivity index (χ4v) is 2.48. The van der Waals surface area contributed by atoms with E-state index in [0.29, 0.717) is 12.4 Å². The summed E-state index contributed by atoms with van der Waals surface area (Å²) in [5.41, 5.74) is 0.830. The number of hydrogen-bond donors (Lipinski definition) is 1. The lowest BCUT2D eigenvalue weighted by atomic mass is 9.97. The Hall–Kier alpha value is -1.49. The molecule has 1 saturated carbocycles. The Kier molecular flexibility index (Phi) is 5.47. The first-order valence-corrected chi connectivity index (χ1v) is 7.45. The number of amides is 1. The highest BCUT2D eigenvalue weighted by molar-refractivity contribution is 5.92. The van der Waals surface area contributed by atoms with E-state index >= 15 is 0 Å². The van der Waals surface area contributed by atoms with Crippen LogP contribution in [0.4, 0.5) is 5.95 Å². The Balaban J connectivity index is 1.91. The molecule has 0 spiro atoms. The molecule has 0 radical (unpaired) electrons. The van der Waals surface area contributed by atoms with Gasteiger partial charge in [0.25, 0.3) is 5.91 Å². The Morgan fingerprint density at radius 3 is 2.85 bits per heavy atom. The number of ether oxygens (including phenoxy) is 1. The van der Waals surface area contributed by atoms with Gasteiger partial charge in [0, 0.05) is 11.9 Å². The molecule has 0 aromatic carbocycles. The van der Waals surface area contributed by atoms with Gasteiger partial charge < -0.3 is 4.74 Å². The fourth-order valence-electron chi connectivity index (χ4n) is 2.48. The van der Waals surface area contributed by atoms with Crippen LogP contribution in [0.2, 0.25) is 0 Å². The smallest absolute Gasteiger partial charge is 0.255 e. The Morgan fingerprint density at radius 2 is 2.20 bits per heavy atom. The van der Waals surface area contributed by atoms with E-state index in [4.69, 9.17) is 4.74 Å². The van der Waals surface area contributed by atoms with Crippen LogP contribution in [0.1, 0.15) is 51.1 Å². The van der Waals surface area contributed by atoms with Gasteiger partial charge in [-0.2, -0.15) is 0 Å². The summed E-state index contributed by atoms with van der Waals surface area (Å²) in [5, 5.41) is 2.74. The highest BCUT2D eigenvalue weighted by Gasteiger charge is 2.23. The van der Waals surface area contributed by atoms with Crippen LogP contribution in [0.25, 0.3) is 0 Å². The lowest BCUT2D eigenvalue weighted by molar-refractivity contribution is -0.132. The van der Waals surface area contributed by atoms with Crippen LogP contribution in [-0.2, 0) is 9.53 Å². The van der Waals surface area contributed by atoms with Crippen LogP contribution in [0.3, 0.4) is 0 Å². The molecule has 1 fully saturated rings. The molecule has 1 aliphatic carbocycles. The molecule has 0 aliphatic heterocycles. The Morgan fingerprint density at radius 1 is 1.45 bits per heavy atom. The second-order valence-corrected chi connectivity index (χ2v) is 5.30. The molecule has 1 atom stereocenters. The number of carbonyl (C=O) groups excluding carboxylic acids is 1. The zero-order valence-electron chi connectivity index (χ0n) is 12.3. The first-order valence-electron chi connectivity index (χ1n) is 7.45. The van der Waals surface area contributed by atoms with Crippen molar-refractivity contribution in [2.75, 3.05) is 5.32 Å². The molecular weight excluding hydrogens is 254 g/mol. The molecule has 5 heteroatoms. The van der Waals surface area contributed by atoms with E-state index in [1.807, 2.05) is 13.8 Å². The van der Waals surface area contributed by atoms with Crippen LogP contribution in [0.5, 0.6) is 0 Å². The third-order valence-corrected chi connectivity index (χ3v) is 3.60. The molecule has 0 bridgehead atoms. The van der Waals surface area contributed by atoms with E-state index in [1.54, 1.807) is 12.3 Å². The third-order valence-electron chi connectivity index (χ3n) is 3.60. The molecule has 5 nitrogen and oxygen atoms in total. The summed E-state index contributed by atoms with van der Waals surface area (Å²) in [5.74, 6) is 0.198. The number of carbonyl (C=O) groups is 1. The van der Waals surface area contributed by atoms with Gasteiger partial charge in [0.1, 0.15) is 6.10 Å². The number of nitrogens with zero attached hydrogens (tertiary/aromatic N) is 2. The van der Waals surface area contributed by atoms with Gasteiger partial charge in [0.15, 0.2) is 0 Å². The second-order valence-electron chi connectivity index (χ2n) is 5.30. The van der Waals surface area contributed by atoms with Crippen molar-refractivity contribution in [2.24, 2.45) is 0 Å². The molecule has 1 aromatic heterocycles. The summed E-state index contributed by atoms with van der Waals surface area (Å²) in [6.45, 7) is 3.83. The molecular formula is C15H23N3O2. The SMILES string of the molecule is CC[C@@H](OC1CCCCC1)C(=O)Nc1nccc(C)n1. The van der Waals surface area contributed by atoms with E-state index < -0.39 is 6.10 Å². The Bertz CT molecular complexity index is 444. The first kappa shape index (κ1) is 14.9. The van der Waals surface area contributed by atoms with Gasteiger partial charge in [-0.1, -0.05) is 26.2 Å². The maximum atomic E-state index is 12.2. The van der Waals surface area contributed by atoms with Gasteiger partial charge in [-0.05, 0) is 32.3 Å². The molecule has 1 N–H and O–H groups in total. The first-order chi connectivity index (χ1) is 9.69. The van der Waals surface area contributed by atoms with Gasteiger partial charge >= 0.3 is 0 Å². The molecule has 1 heterocycles. The largest absolute Gasteiger partial charge is 0.365 e. The number of rotatable bonds is 5. The van der Waals surface area contributed by atoms with Crippen LogP contribution in [0, 0.1) is 6.92 Å². The quantitative estimate of drug-likeness (QED) is 0.899. The van der Waals surface area contributed by atoms with Crippen LogP contribution in [0.15, 0.2) is 12.3 Å². The lowest BCUT2D eigenvalue weighted by Gasteiger charge is -2.26. The highest BCUT2D eigenvalue weighted by Crippen LogP contribution is 2.22. The van der Waals surface area contributed by atoms with Gasteiger partial charge in [-0.15, -0.1) is 0 Å². The summed E-state index contributed by atoms with van der Waals surface area (Å²) in [4.78, 5) is 20.4. The van der Waals surface area contributed by atoms with E-state index in [9.17, 15) is 4.79 Å². The topological polar surface area (TPSA) is 64.1 Å². The maximum absolute atomic E-state index is 12.2. The van der Waals surface area contributed by atoms with Crippen molar-refractivity contribution in [2.45, 2.75) is 64.6 Å². The van der Waals surface area contributed by atoms with Crippen molar-refractivity contribution in [1.29, 1.82) is 0 Å². The van der Waals surface area contributed by atoms with Crippen molar-refractivity contribution in [1.82, 2.24) is 9.97 Å². The normalized spacial score (nSPS) is 17.7. The average Bonchev–Trinajstić information content (AvgIpc) is 2.45. The summed E-state index contributed by atoms with van der Waals surface area (Å²) in [7, 11) is 0. The van der Waals surface area contributed by atoms with Crippen LogP contribution < -0.4 is 5.32 Å². The number of anilines is 1. The number of aromatic nitrogens is 2. The summed E-state index contributed by atoms with van der Waals surface area (Å²) in [6, 6.07) is 1.80. The molecule has 110 valence electrons. The fraction of sp³-hybridized carbons (Fsp3) is 0.667. The van der Waals surface area contributed by atoms with Gasteiger partial charge in [0.05, 0.1) is 6.10 Å². The number of nitrogens with one attached hydrogen (secondary N) is 1. The highest BCUT2D eigenvalue weighted by atomic mass is 16.5. The van der Waals surface area contributed by atoms with Crippen molar-refractivity contribution < 1.29 is 9.53 Å². The van der Waals surface area contributed by atoms with Gasteiger partial charge in [-0.3, -0.25) is 10.1 Å². The van der Waals surface area contributed by atoms with E-state index in [1.165, 1.54) is 19.3 Å². The zero-order valence-corrected chi connectivity index (χ0v) is 12.3. The monoisotopic (exact) mass is 277 g/mol. The van der Waals surface area contributed by atoms with E-state index in [0.717, 1.165) is 18.5 Å². The number of hydrogen-bond acceptors (Lipinski definition) is 4. The minimum Gasteiger partial charge on any atom is -0.365 e. The minimum atomic E-state index is -0.415. The van der Waals surface area contributed by atoms with E-state index in [2.05, 4.69) is 15.3 Å². The van der Waals surface area contributed by atoms with E-state index in [-0.39, 0.29) is 12.0 Å². The summed E-state index contributed by atoms with van der Waals surface area (Å²) < 4.78 is 5.94. The molecule has 0 saturated heterocycles. The molecule has 1 aromatic rings. The van der Waals surface area contributed by atoms with Crippen molar-refractivity contribution in [3.63, 3.8) is 0 Å². The maximum Gasteiger partial charge on any atom is 0.255 e. The Labute approximate surface area is 120 Å².